The van der Waals surface area contributed by atoms with Gasteiger partial charge in [-0.3, -0.25) is 0 Å². The minimum absolute atomic E-state index is 0.701. The van der Waals surface area contributed by atoms with Crippen LogP contribution in [-0.4, -0.2) is 21.0 Å². The van der Waals surface area contributed by atoms with Crippen molar-refractivity contribution in [3.63, 3.8) is 0 Å². The van der Waals surface area contributed by atoms with Gasteiger partial charge in [0.15, 0.2) is 0 Å². The molecule has 1 fully saturated rings. The largest absolute Gasteiger partial charge is 0.308 e. The highest BCUT2D eigenvalue weighted by atomic mass is 32.1. The molecule has 0 spiro atoms. The SMILES string of the molecule is c1cc2cc(-n3cc(CNC4CC4)nn3)ccc2s1. The van der Waals surface area contributed by atoms with Crippen LogP contribution in [0.15, 0.2) is 35.8 Å². The van der Waals surface area contributed by atoms with E-state index in [9.17, 15) is 0 Å². The van der Waals surface area contributed by atoms with Gasteiger partial charge in [-0.15, -0.1) is 16.4 Å². The summed E-state index contributed by atoms with van der Waals surface area (Å²) in [6, 6.07) is 9.21. The van der Waals surface area contributed by atoms with Crippen molar-refractivity contribution in [3.05, 3.63) is 41.5 Å². The number of rotatable bonds is 4. The molecule has 4 rings (SSSR count). The molecule has 5 heteroatoms. The molecular weight excluding hydrogens is 256 g/mol. The highest BCUT2D eigenvalue weighted by Gasteiger charge is 2.20. The van der Waals surface area contributed by atoms with Crippen molar-refractivity contribution in [2.45, 2.75) is 25.4 Å². The first kappa shape index (κ1) is 11.1. The van der Waals surface area contributed by atoms with E-state index >= 15 is 0 Å². The Balaban J connectivity index is 1.59. The zero-order valence-electron chi connectivity index (χ0n) is 10.4. The number of aromatic nitrogens is 3. The molecule has 2 aromatic heterocycles. The molecule has 0 aliphatic heterocycles. The van der Waals surface area contributed by atoms with Crippen LogP contribution in [0, 0.1) is 0 Å². The maximum absolute atomic E-state index is 4.21. The molecule has 0 amide bonds. The minimum atomic E-state index is 0.701. The molecule has 1 saturated carbocycles. The summed E-state index contributed by atoms with van der Waals surface area (Å²) in [5.74, 6) is 0. The van der Waals surface area contributed by atoms with Crippen LogP contribution in [0.5, 0.6) is 0 Å². The number of hydrogen-bond donors (Lipinski definition) is 1. The summed E-state index contributed by atoms with van der Waals surface area (Å²) in [4.78, 5) is 0. The van der Waals surface area contributed by atoms with Crippen molar-refractivity contribution in [1.82, 2.24) is 20.3 Å². The molecule has 1 N–H and O–H groups in total. The number of nitrogens with zero attached hydrogens (tertiary/aromatic N) is 3. The molecule has 4 nitrogen and oxygen atoms in total. The fourth-order valence-corrected chi connectivity index (χ4v) is 2.91. The van der Waals surface area contributed by atoms with Crippen LogP contribution in [0.1, 0.15) is 18.5 Å². The number of nitrogens with one attached hydrogen (secondary N) is 1. The predicted octanol–water partition coefficient (Wildman–Crippen LogP) is 2.73. The van der Waals surface area contributed by atoms with E-state index in [1.807, 2.05) is 10.9 Å². The van der Waals surface area contributed by atoms with Crippen molar-refractivity contribution in [1.29, 1.82) is 0 Å². The van der Waals surface area contributed by atoms with Gasteiger partial charge in [0.05, 0.1) is 17.6 Å². The Morgan fingerprint density at radius 2 is 2.26 bits per heavy atom. The lowest BCUT2D eigenvalue weighted by Crippen LogP contribution is -2.15. The number of benzene rings is 1. The van der Waals surface area contributed by atoms with Crippen LogP contribution in [0.2, 0.25) is 0 Å². The van der Waals surface area contributed by atoms with E-state index < -0.39 is 0 Å². The Morgan fingerprint density at radius 3 is 3.16 bits per heavy atom. The standard InChI is InChI=1S/C14H14N4S/c1-2-11(1)15-8-12-9-18(17-16-12)13-3-4-14-10(7-13)5-6-19-14/h3-7,9,11,15H,1-2,8H2. The summed E-state index contributed by atoms with van der Waals surface area (Å²) in [6.07, 6.45) is 4.59. The van der Waals surface area contributed by atoms with Crippen LogP contribution in [-0.2, 0) is 6.54 Å². The van der Waals surface area contributed by atoms with Gasteiger partial charge in [-0.1, -0.05) is 5.21 Å². The molecule has 0 unspecified atom stereocenters. The van der Waals surface area contributed by atoms with Crippen LogP contribution in [0.3, 0.4) is 0 Å². The van der Waals surface area contributed by atoms with Crippen molar-refractivity contribution in [2.24, 2.45) is 0 Å². The smallest absolute Gasteiger partial charge is 0.0969 e. The third kappa shape index (κ3) is 2.27. The van der Waals surface area contributed by atoms with Crippen molar-refractivity contribution in [3.8, 4) is 5.69 Å². The first-order valence-electron chi connectivity index (χ1n) is 6.51. The maximum atomic E-state index is 4.21. The summed E-state index contributed by atoms with van der Waals surface area (Å²) in [5.41, 5.74) is 2.06. The fraction of sp³-hybridized carbons (Fsp3) is 0.286. The molecule has 1 aliphatic carbocycles. The second-order valence-electron chi connectivity index (χ2n) is 4.95. The molecule has 0 atom stereocenters. The molecule has 1 aliphatic rings. The zero-order chi connectivity index (χ0) is 12.7. The van der Waals surface area contributed by atoms with Crippen molar-refractivity contribution < 1.29 is 0 Å². The summed E-state index contributed by atoms with van der Waals surface area (Å²) in [5, 5.41) is 15.2. The van der Waals surface area contributed by atoms with Gasteiger partial charge >= 0.3 is 0 Å². The van der Waals surface area contributed by atoms with E-state index in [1.165, 1.54) is 22.9 Å². The number of thiophene rings is 1. The van der Waals surface area contributed by atoms with Crippen molar-refractivity contribution >= 4 is 21.4 Å². The van der Waals surface area contributed by atoms with E-state index in [4.69, 9.17) is 0 Å². The molecule has 3 aromatic rings. The Morgan fingerprint density at radius 1 is 1.32 bits per heavy atom. The van der Waals surface area contributed by atoms with E-state index in [2.05, 4.69) is 45.3 Å². The van der Waals surface area contributed by atoms with Gasteiger partial charge < -0.3 is 5.32 Å². The van der Waals surface area contributed by atoms with E-state index in [0.717, 1.165) is 17.9 Å². The van der Waals surface area contributed by atoms with Crippen LogP contribution >= 0.6 is 11.3 Å². The lowest BCUT2D eigenvalue weighted by Gasteiger charge is -2.00. The Kier molecular flexibility index (Phi) is 2.60. The second kappa shape index (κ2) is 4.43. The van der Waals surface area contributed by atoms with Crippen LogP contribution in [0.4, 0.5) is 0 Å². The highest BCUT2D eigenvalue weighted by molar-refractivity contribution is 7.17. The third-order valence-corrected chi connectivity index (χ3v) is 4.29. The molecule has 1 aromatic carbocycles. The zero-order valence-corrected chi connectivity index (χ0v) is 11.2. The van der Waals surface area contributed by atoms with Gasteiger partial charge in [-0.05, 0) is 47.9 Å². The summed E-state index contributed by atoms with van der Waals surface area (Å²) in [6.45, 7) is 0.811. The second-order valence-corrected chi connectivity index (χ2v) is 5.90. The van der Waals surface area contributed by atoms with Gasteiger partial charge in [0.1, 0.15) is 0 Å². The first-order chi connectivity index (χ1) is 9.38. The minimum Gasteiger partial charge on any atom is -0.308 e. The third-order valence-electron chi connectivity index (χ3n) is 3.39. The number of hydrogen-bond acceptors (Lipinski definition) is 4. The molecule has 0 radical (unpaired) electrons. The van der Waals surface area contributed by atoms with Crippen LogP contribution < -0.4 is 5.32 Å². The van der Waals surface area contributed by atoms with Crippen LogP contribution in [0.25, 0.3) is 15.8 Å². The van der Waals surface area contributed by atoms with E-state index in [0.29, 0.717) is 6.04 Å². The van der Waals surface area contributed by atoms with E-state index in [-0.39, 0.29) is 0 Å². The van der Waals surface area contributed by atoms with Crippen molar-refractivity contribution in [2.75, 3.05) is 0 Å². The average Bonchev–Trinajstić information content (AvgIpc) is 2.96. The Hall–Kier alpha value is -1.72. The Bertz CT molecular complexity index is 711. The van der Waals surface area contributed by atoms with E-state index in [1.54, 1.807) is 11.3 Å². The lowest BCUT2D eigenvalue weighted by molar-refractivity contribution is 0.671. The molecule has 19 heavy (non-hydrogen) atoms. The Labute approximate surface area is 115 Å². The molecule has 0 bridgehead atoms. The van der Waals surface area contributed by atoms with Gasteiger partial charge in [0.2, 0.25) is 0 Å². The average molecular weight is 270 g/mol. The summed E-state index contributed by atoms with van der Waals surface area (Å²) < 4.78 is 3.15. The van der Waals surface area contributed by atoms with Gasteiger partial charge in [0, 0.05) is 17.3 Å². The maximum Gasteiger partial charge on any atom is 0.0969 e. The highest BCUT2D eigenvalue weighted by Crippen LogP contribution is 2.23. The summed E-state index contributed by atoms with van der Waals surface area (Å²) >= 11 is 1.76. The monoisotopic (exact) mass is 270 g/mol. The fourth-order valence-electron chi connectivity index (χ4n) is 2.14. The van der Waals surface area contributed by atoms with Gasteiger partial charge in [-0.2, -0.15) is 0 Å². The molecule has 2 heterocycles. The number of fused-ring (bicyclic) bond motifs is 1. The van der Waals surface area contributed by atoms with Gasteiger partial charge in [-0.25, -0.2) is 4.68 Å². The predicted molar refractivity (Wildman–Crippen MR) is 76.6 cm³/mol. The quantitative estimate of drug-likeness (QED) is 0.792. The summed E-state index contributed by atoms with van der Waals surface area (Å²) in [7, 11) is 0. The first-order valence-corrected chi connectivity index (χ1v) is 7.39. The topological polar surface area (TPSA) is 42.7 Å². The molecular formula is C14H14N4S. The molecule has 0 saturated heterocycles. The molecule has 96 valence electrons. The normalized spacial score (nSPS) is 15.2. The lowest BCUT2D eigenvalue weighted by atomic mass is 10.2. The van der Waals surface area contributed by atoms with Gasteiger partial charge in [0.25, 0.3) is 0 Å².